The van der Waals surface area contributed by atoms with Gasteiger partial charge in [0, 0.05) is 17.6 Å². The zero-order valence-electron chi connectivity index (χ0n) is 15.3. The fourth-order valence-corrected chi connectivity index (χ4v) is 3.94. The van der Waals surface area contributed by atoms with Crippen LogP contribution in [-0.2, 0) is 25.0 Å². The lowest BCUT2D eigenvalue weighted by Gasteiger charge is -2.25. The number of guanidine groups is 1. The maximum atomic E-state index is 11.0. The maximum absolute atomic E-state index is 11.0. The van der Waals surface area contributed by atoms with E-state index < -0.39 is 5.60 Å². The van der Waals surface area contributed by atoms with Crippen LogP contribution < -0.4 is 10.6 Å². The van der Waals surface area contributed by atoms with Crippen molar-refractivity contribution in [3.05, 3.63) is 51.5 Å². The molecular formula is C19H27IN4OS. The van der Waals surface area contributed by atoms with E-state index in [1.54, 1.807) is 11.3 Å². The molecule has 1 heterocycles. The number of nitrogens with one attached hydrogen (secondary N) is 2. The molecular weight excluding hydrogens is 459 g/mol. The number of aryl methyl sites for hydroxylation is 2. The Labute approximate surface area is 176 Å². The van der Waals surface area contributed by atoms with E-state index in [9.17, 15) is 5.11 Å². The van der Waals surface area contributed by atoms with Crippen LogP contribution in [0.3, 0.4) is 0 Å². The first-order valence-corrected chi connectivity index (χ1v) is 9.73. The molecule has 2 aromatic rings. The fraction of sp³-hybridized carbons (Fsp3) is 0.474. The summed E-state index contributed by atoms with van der Waals surface area (Å²) in [6.45, 7) is 5.95. The molecule has 5 nitrogen and oxygen atoms in total. The molecule has 0 radical (unpaired) electrons. The number of aromatic nitrogens is 1. The summed E-state index contributed by atoms with van der Waals surface area (Å²) >= 11 is 1.70. The molecule has 0 saturated heterocycles. The molecule has 0 amide bonds. The van der Waals surface area contributed by atoms with E-state index in [2.05, 4.69) is 33.6 Å². The summed E-state index contributed by atoms with van der Waals surface area (Å²) in [4.78, 5) is 10.3. The maximum Gasteiger partial charge on any atom is 0.191 e. The first-order valence-electron chi connectivity index (χ1n) is 8.91. The zero-order chi connectivity index (χ0) is 17.7. The SMILES string of the molecule is CCNC(=NCc1ncc(CC)s1)NCC1(O)CCc2ccccc21.I. The van der Waals surface area contributed by atoms with E-state index in [1.165, 1.54) is 10.4 Å². The molecule has 1 unspecified atom stereocenters. The summed E-state index contributed by atoms with van der Waals surface area (Å²) < 4.78 is 0. The molecule has 0 spiro atoms. The van der Waals surface area contributed by atoms with Crippen molar-refractivity contribution in [2.45, 2.75) is 45.3 Å². The van der Waals surface area contributed by atoms with Crippen LogP contribution in [0.25, 0.3) is 0 Å². The van der Waals surface area contributed by atoms with E-state index >= 15 is 0 Å². The van der Waals surface area contributed by atoms with Crippen molar-refractivity contribution in [2.75, 3.05) is 13.1 Å². The van der Waals surface area contributed by atoms with Crippen molar-refractivity contribution in [3.63, 3.8) is 0 Å². The standard InChI is InChI=1S/C19H26N4OS.HI/c1-3-15-11-21-17(25-15)12-22-18(20-4-2)23-13-19(24)10-9-14-7-5-6-8-16(14)19;/h5-8,11,24H,3-4,9-10,12-13H2,1-2H3,(H2,20,22,23);1H. The Morgan fingerprint density at radius 3 is 2.85 bits per heavy atom. The van der Waals surface area contributed by atoms with Crippen LogP contribution in [0, 0.1) is 0 Å². The summed E-state index contributed by atoms with van der Waals surface area (Å²) in [6.07, 6.45) is 4.59. The summed E-state index contributed by atoms with van der Waals surface area (Å²) in [6, 6.07) is 8.14. The average molecular weight is 486 g/mol. The predicted octanol–water partition coefficient (Wildman–Crippen LogP) is 3.21. The number of nitrogens with zero attached hydrogens (tertiary/aromatic N) is 2. The van der Waals surface area contributed by atoms with Crippen LogP contribution in [-0.4, -0.2) is 29.1 Å². The van der Waals surface area contributed by atoms with Crippen LogP contribution >= 0.6 is 35.3 Å². The highest BCUT2D eigenvalue weighted by molar-refractivity contribution is 14.0. The molecule has 26 heavy (non-hydrogen) atoms. The van der Waals surface area contributed by atoms with Crippen LogP contribution in [0.1, 0.15) is 41.3 Å². The second-order valence-corrected chi connectivity index (χ2v) is 7.51. The van der Waals surface area contributed by atoms with Gasteiger partial charge in [0.25, 0.3) is 0 Å². The van der Waals surface area contributed by atoms with Crippen molar-refractivity contribution in [1.82, 2.24) is 15.6 Å². The van der Waals surface area contributed by atoms with Gasteiger partial charge in [0.1, 0.15) is 10.6 Å². The lowest BCUT2D eigenvalue weighted by molar-refractivity contribution is 0.0432. The lowest BCUT2D eigenvalue weighted by atomic mass is 9.96. The van der Waals surface area contributed by atoms with Crippen LogP contribution in [0.5, 0.6) is 0 Å². The lowest BCUT2D eigenvalue weighted by Crippen LogP contribution is -2.45. The number of aliphatic hydroxyl groups is 1. The Balaban J connectivity index is 0.00000243. The second kappa shape index (κ2) is 9.66. The highest BCUT2D eigenvalue weighted by atomic mass is 127. The Hall–Kier alpha value is -1.19. The van der Waals surface area contributed by atoms with Crippen molar-refractivity contribution in [2.24, 2.45) is 4.99 Å². The van der Waals surface area contributed by atoms with Crippen LogP contribution in [0.4, 0.5) is 0 Å². The minimum atomic E-state index is -0.830. The third-order valence-electron chi connectivity index (χ3n) is 4.54. The van der Waals surface area contributed by atoms with Crippen molar-refractivity contribution in [1.29, 1.82) is 0 Å². The summed E-state index contributed by atoms with van der Waals surface area (Å²) in [5, 5.41) is 18.6. The number of halogens is 1. The fourth-order valence-electron chi connectivity index (χ4n) is 3.15. The van der Waals surface area contributed by atoms with Crippen LogP contribution in [0.15, 0.2) is 35.5 Å². The molecule has 1 aromatic heterocycles. The van der Waals surface area contributed by atoms with E-state index in [4.69, 9.17) is 0 Å². The molecule has 1 aromatic carbocycles. The minimum absolute atomic E-state index is 0. The van der Waals surface area contributed by atoms with Gasteiger partial charge < -0.3 is 15.7 Å². The summed E-state index contributed by atoms with van der Waals surface area (Å²) in [7, 11) is 0. The van der Waals surface area contributed by atoms with Gasteiger partial charge in [-0.05, 0) is 37.3 Å². The average Bonchev–Trinajstić information content (AvgIpc) is 3.23. The highest BCUT2D eigenvalue weighted by Gasteiger charge is 2.36. The predicted molar refractivity (Wildman–Crippen MR) is 118 cm³/mol. The Morgan fingerprint density at radius 1 is 1.31 bits per heavy atom. The first kappa shape index (κ1) is 21.1. The number of aliphatic imine (C=N–C) groups is 1. The summed E-state index contributed by atoms with van der Waals surface area (Å²) in [5.74, 6) is 0.716. The van der Waals surface area contributed by atoms with Gasteiger partial charge >= 0.3 is 0 Å². The van der Waals surface area contributed by atoms with Crippen molar-refractivity contribution < 1.29 is 5.11 Å². The molecule has 142 valence electrons. The second-order valence-electron chi connectivity index (χ2n) is 6.31. The molecule has 1 aliphatic carbocycles. The largest absolute Gasteiger partial charge is 0.383 e. The first-order chi connectivity index (χ1) is 12.1. The number of benzene rings is 1. The van der Waals surface area contributed by atoms with E-state index in [0.717, 1.165) is 36.4 Å². The monoisotopic (exact) mass is 486 g/mol. The Morgan fingerprint density at radius 2 is 2.12 bits per heavy atom. The van der Waals surface area contributed by atoms with Gasteiger partial charge in [-0.15, -0.1) is 35.3 Å². The van der Waals surface area contributed by atoms with Gasteiger partial charge in [0.05, 0.1) is 13.1 Å². The molecule has 7 heteroatoms. The normalized spacial score (nSPS) is 19.0. The Bertz CT molecular complexity index is 749. The van der Waals surface area contributed by atoms with Gasteiger partial charge in [0.15, 0.2) is 5.96 Å². The zero-order valence-corrected chi connectivity index (χ0v) is 18.4. The molecule has 0 bridgehead atoms. The number of thiazole rings is 1. The number of rotatable bonds is 6. The van der Waals surface area contributed by atoms with Gasteiger partial charge in [0.2, 0.25) is 0 Å². The van der Waals surface area contributed by atoms with Crippen molar-refractivity contribution in [3.8, 4) is 0 Å². The topological polar surface area (TPSA) is 69.5 Å². The van der Waals surface area contributed by atoms with Gasteiger partial charge in [-0.1, -0.05) is 31.2 Å². The third-order valence-corrected chi connectivity index (χ3v) is 5.67. The highest BCUT2D eigenvalue weighted by Crippen LogP contribution is 2.36. The number of hydrogen-bond acceptors (Lipinski definition) is 4. The van der Waals surface area contributed by atoms with Gasteiger partial charge in [-0.3, -0.25) is 0 Å². The van der Waals surface area contributed by atoms with Gasteiger partial charge in [-0.25, -0.2) is 9.98 Å². The number of fused-ring (bicyclic) bond motifs is 1. The molecule has 0 fully saturated rings. The molecule has 3 N–H and O–H groups in total. The molecule has 3 rings (SSSR count). The molecule has 1 aliphatic rings. The third kappa shape index (κ3) is 4.95. The minimum Gasteiger partial charge on any atom is -0.383 e. The number of hydrogen-bond donors (Lipinski definition) is 3. The van der Waals surface area contributed by atoms with Gasteiger partial charge in [-0.2, -0.15) is 0 Å². The molecule has 1 atom stereocenters. The van der Waals surface area contributed by atoms with Crippen molar-refractivity contribution >= 4 is 41.3 Å². The van der Waals surface area contributed by atoms with E-state index in [1.807, 2.05) is 31.3 Å². The smallest absolute Gasteiger partial charge is 0.191 e. The summed E-state index contributed by atoms with van der Waals surface area (Å²) in [5.41, 5.74) is 1.44. The van der Waals surface area contributed by atoms with Crippen LogP contribution in [0.2, 0.25) is 0 Å². The van der Waals surface area contributed by atoms with E-state index in [0.29, 0.717) is 19.0 Å². The molecule has 0 aliphatic heterocycles. The quantitative estimate of drug-likeness (QED) is 0.333. The van der Waals surface area contributed by atoms with E-state index in [-0.39, 0.29) is 24.0 Å². The Kier molecular flexibility index (Phi) is 7.85. The molecule has 0 saturated carbocycles.